The SMILES string of the molecule is CC(=O)O[C@@H]1C[C@H](c2ccncc2N)OC2(CC2)[C@H]1O[Si](C)(C)C(C)(C)C.CC(=O)O[C@H]1C[C@@H](c2ccncc2N)OC2(CC2)[C@@H]1O[Si](C)(C)C(C)(C)C. The molecule has 2 aliphatic carbocycles. The standard InChI is InChI=1S/2C20H32N2O4Si/c2*1-13(23)24-17-11-16(14-7-10-22-12-15(14)21)25-20(8-9-20)18(17)26-27(5,6)19(2,3)4/h2*7,10,12,16-18H,8-9,11,21H2,1-6H3/t2*16-,17-,18+/m10/s1. The van der Waals surface area contributed by atoms with E-state index in [-0.39, 0.29) is 58.6 Å². The van der Waals surface area contributed by atoms with Crippen LogP contribution in [0.5, 0.6) is 0 Å². The molecule has 12 nitrogen and oxygen atoms in total. The third kappa shape index (κ3) is 9.21. The van der Waals surface area contributed by atoms with Gasteiger partial charge < -0.3 is 39.3 Å². The van der Waals surface area contributed by atoms with Crippen molar-refractivity contribution < 1.29 is 37.4 Å². The second-order valence-corrected chi connectivity index (χ2v) is 28.2. The number of hydrogen-bond acceptors (Lipinski definition) is 12. The minimum Gasteiger partial charge on any atom is -0.460 e. The Morgan fingerprint density at radius 1 is 0.685 bits per heavy atom. The fourth-order valence-electron chi connectivity index (χ4n) is 7.00. The topological polar surface area (TPSA) is 167 Å². The number of aromatic nitrogens is 2. The van der Waals surface area contributed by atoms with Crippen molar-refractivity contribution in [1.82, 2.24) is 9.97 Å². The summed E-state index contributed by atoms with van der Waals surface area (Å²) in [5.74, 6) is -0.578. The van der Waals surface area contributed by atoms with Crippen LogP contribution in [0.4, 0.5) is 11.4 Å². The zero-order valence-corrected chi connectivity index (χ0v) is 36.5. The van der Waals surface area contributed by atoms with E-state index in [1.165, 1.54) is 13.8 Å². The molecule has 54 heavy (non-hydrogen) atoms. The van der Waals surface area contributed by atoms with Gasteiger partial charge in [0.15, 0.2) is 16.6 Å². The summed E-state index contributed by atoms with van der Waals surface area (Å²) < 4.78 is 38.1. The lowest BCUT2D eigenvalue weighted by Gasteiger charge is -2.47. The number of esters is 2. The molecule has 2 saturated heterocycles. The van der Waals surface area contributed by atoms with E-state index in [4.69, 9.17) is 39.3 Å². The van der Waals surface area contributed by atoms with Crippen molar-refractivity contribution in [3.8, 4) is 0 Å². The second kappa shape index (κ2) is 15.2. The molecule has 14 heteroatoms. The van der Waals surface area contributed by atoms with Crippen LogP contribution in [0, 0.1) is 0 Å². The minimum absolute atomic E-state index is 0.0657. The summed E-state index contributed by atoms with van der Waals surface area (Å²) in [6, 6.07) is 3.77. The van der Waals surface area contributed by atoms with E-state index in [0.717, 1.165) is 36.8 Å². The summed E-state index contributed by atoms with van der Waals surface area (Å²) in [6.45, 7) is 25.1. The molecule has 2 spiro atoms. The molecule has 6 atom stereocenters. The summed E-state index contributed by atoms with van der Waals surface area (Å²) in [5.41, 5.74) is 14.5. The summed E-state index contributed by atoms with van der Waals surface area (Å²) >= 11 is 0. The van der Waals surface area contributed by atoms with Gasteiger partial charge in [0.1, 0.15) is 24.4 Å². The Morgan fingerprint density at radius 3 is 1.28 bits per heavy atom. The lowest BCUT2D eigenvalue weighted by molar-refractivity contribution is -0.198. The molecule has 4 aliphatic rings. The Bertz CT molecular complexity index is 1550. The van der Waals surface area contributed by atoms with Gasteiger partial charge in [-0.25, -0.2) is 0 Å². The maximum Gasteiger partial charge on any atom is 0.302 e. The maximum absolute atomic E-state index is 11.8. The fourth-order valence-corrected chi connectivity index (χ4v) is 9.71. The number of carbonyl (C=O) groups is 2. The lowest BCUT2D eigenvalue weighted by Crippen LogP contribution is -2.56. The Morgan fingerprint density at radius 2 is 1.02 bits per heavy atom. The molecule has 2 saturated carbocycles. The average molecular weight is 785 g/mol. The number of anilines is 2. The Balaban J connectivity index is 0.000000208. The molecule has 4 N–H and O–H groups in total. The third-order valence-electron chi connectivity index (χ3n) is 12.4. The summed E-state index contributed by atoms with van der Waals surface area (Å²) in [5, 5.41) is 0.131. The molecule has 2 aromatic rings. The van der Waals surface area contributed by atoms with Crippen LogP contribution in [0.1, 0.15) is 117 Å². The Hall–Kier alpha value is -2.89. The number of nitrogen functional groups attached to an aromatic ring is 2. The molecule has 6 rings (SSSR count). The van der Waals surface area contributed by atoms with E-state index >= 15 is 0 Å². The van der Waals surface area contributed by atoms with Crippen molar-refractivity contribution in [3.05, 3.63) is 48.0 Å². The zero-order chi connectivity index (χ0) is 40.1. The monoisotopic (exact) mass is 784 g/mol. The van der Waals surface area contributed by atoms with Crippen molar-refractivity contribution in [3.63, 3.8) is 0 Å². The number of nitrogens with zero attached hydrogens (tertiary/aromatic N) is 2. The summed E-state index contributed by atoms with van der Waals surface area (Å²) in [7, 11) is -4.10. The van der Waals surface area contributed by atoms with Crippen LogP contribution < -0.4 is 11.5 Å². The third-order valence-corrected chi connectivity index (χ3v) is 21.3. The van der Waals surface area contributed by atoms with Crippen molar-refractivity contribution >= 4 is 39.9 Å². The summed E-state index contributed by atoms with van der Waals surface area (Å²) in [4.78, 5) is 31.8. The molecule has 0 aromatic carbocycles. The van der Waals surface area contributed by atoms with E-state index in [1.54, 1.807) is 24.8 Å². The van der Waals surface area contributed by atoms with Gasteiger partial charge in [0.25, 0.3) is 0 Å². The number of ether oxygens (including phenoxy) is 4. The first-order valence-corrected chi connectivity index (χ1v) is 25.2. The molecule has 4 heterocycles. The van der Waals surface area contributed by atoms with Crippen LogP contribution >= 0.6 is 0 Å². The number of hydrogen-bond donors (Lipinski definition) is 2. The molecule has 0 bridgehead atoms. The van der Waals surface area contributed by atoms with Gasteiger partial charge in [0.05, 0.1) is 47.2 Å². The van der Waals surface area contributed by atoms with Gasteiger partial charge in [-0.3, -0.25) is 19.6 Å². The Kier molecular flexibility index (Phi) is 11.9. The highest BCUT2D eigenvalue weighted by molar-refractivity contribution is 6.74. The van der Waals surface area contributed by atoms with Gasteiger partial charge in [-0.2, -0.15) is 0 Å². The predicted molar refractivity (Wildman–Crippen MR) is 213 cm³/mol. The number of carbonyl (C=O) groups excluding carboxylic acids is 2. The highest BCUT2D eigenvalue weighted by Gasteiger charge is 2.63. The number of rotatable bonds is 8. The quantitative estimate of drug-likeness (QED) is 0.196. The van der Waals surface area contributed by atoms with Crippen molar-refractivity contribution in [2.24, 2.45) is 0 Å². The van der Waals surface area contributed by atoms with E-state index in [0.29, 0.717) is 24.2 Å². The van der Waals surface area contributed by atoms with Gasteiger partial charge in [0, 0.05) is 50.2 Å². The van der Waals surface area contributed by atoms with Crippen LogP contribution in [-0.4, -0.2) is 74.2 Å². The van der Waals surface area contributed by atoms with Gasteiger partial charge >= 0.3 is 11.9 Å². The average Bonchev–Trinajstić information content (AvgIpc) is 3.98. The number of nitrogens with two attached hydrogens (primary N) is 2. The molecule has 2 aromatic heterocycles. The molecule has 0 amide bonds. The molecule has 2 aliphatic heterocycles. The van der Waals surface area contributed by atoms with Crippen LogP contribution in [0.15, 0.2) is 36.9 Å². The Labute approximate surface area is 324 Å². The molecule has 0 radical (unpaired) electrons. The zero-order valence-electron chi connectivity index (χ0n) is 34.5. The van der Waals surface area contributed by atoms with Gasteiger partial charge in [-0.1, -0.05) is 41.5 Å². The smallest absolute Gasteiger partial charge is 0.302 e. The summed E-state index contributed by atoms with van der Waals surface area (Å²) in [6.07, 6.45) is 9.81. The van der Waals surface area contributed by atoms with Gasteiger partial charge in [-0.05, 0) is 74.1 Å². The molecule has 300 valence electrons. The van der Waals surface area contributed by atoms with Crippen LogP contribution in [0.25, 0.3) is 0 Å². The first-order chi connectivity index (χ1) is 24.9. The van der Waals surface area contributed by atoms with E-state index in [9.17, 15) is 9.59 Å². The number of pyridine rings is 2. The second-order valence-electron chi connectivity index (χ2n) is 18.7. The first kappa shape index (κ1) is 42.3. The van der Waals surface area contributed by atoms with Crippen molar-refractivity contribution in [2.75, 3.05) is 11.5 Å². The molecular formula is C40H64N4O8Si2. The van der Waals surface area contributed by atoms with E-state index in [1.807, 2.05) is 12.1 Å². The predicted octanol–water partition coefficient (Wildman–Crippen LogP) is 7.96. The molecule has 4 fully saturated rings. The minimum atomic E-state index is -2.05. The first-order valence-electron chi connectivity index (χ1n) is 19.3. The van der Waals surface area contributed by atoms with Gasteiger partial charge in [-0.15, -0.1) is 0 Å². The van der Waals surface area contributed by atoms with Crippen LogP contribution in [0.3, 0.4) is 0 Å². The normalized spacial score (nSPS) is 27.4. The highest BCUT2D eigenvalue weighted by atomic mass is 28.4. The largest absolute Gasteiger partial charge is 0.460 e. The fraction of sp³-hybridized carbons (Fsp3) is 0.700. The van der Waals surface area contributed by atoms with E-state index < -0.39 is 27.8 Å². The molecule has 0 unspecified atom stereocenters. The van der Waals surface area contributed by atoms with Crippen LogP contribution in [0.2, 0.25) is 36.3 Å². The van der Waals surface area contributed by atoms with Crippen molar-refractivity contribution in [1.29, 1.82) is 0 Å². The van der Waals surface area contributed by atoms with E-state index in [2.05, 4.69) is 77.7 Å². The molecular weight excluding hydrogens is 721 g/mol. The maximum atomic E-state index is 11.8. The van der Waals surface area contributed by atoms with Crippen molar-refractivity contribution in [2.45, 2.75) is 178 Å². The lowest BCUT2D eigenvalue weighted by atomic mass is 9.92. The highest BCUT2D eigenvalue weighted by Crippen LogP contribution is 2.57. The van der Waals surface area contributed by atoms with Crippen LogP contribution in [-0.2, 0) is 37.4 Å². The van der Waals surface area contributed by atoms with Gasteiger partial charge in [0.2, 0.25) is 0 Å².